The van der Waals surface area contributed by atoms with E-state index in [1.54, 1.807) is 0 Å². The number of nitrogens with one attached hydrogen (secondary N) is 2. The van der Waals surface area contributed by atoms with Crippen LogP contribution in [0, 0.1) is 6.92 Å². The number of aryl methyl sites for hydroxylation is 1. The molecule has 5 nitrogen and oxygen atoms in total. The highest BCUT2D eigenvalue weighted by molar-refractivity contribution is 7.13. The molecule has 6 heteroatoms. The van der Waals surface area contributed by atoms with Crippen LogP contribution >= 0.6 is 11.3 Å². The molecule has 0 spiro atoms. The second-order valence-electron chi connectivity index (χ2n) is 5.98. The second-order valence-corrected chi connectivity index (χ2v) is 6.84. The van der Waals surface area contributed by atoms with Gasteiger partial charge in [-0.3, -0.25) is 9.59 Å². The Morgan fingerprint density at radius 1 is 1.41 bits per heavy atom. The molecule has 0 saturated heterocycles. The number of carbonyl (C=O) groups is 2. The van der Waals surface area contributed by atoms with Gasteiger partial charge < -0.3 is 10.6 Å². The molecule has 0 unspecified atom stereocenters. The molecule has 2 amide bonds. The summed E-state index contributed by atoms with van der Waals surface area (Å²) in [5.74, 6) is -0.119. The number of aromatic nitrogens is 1. The summed E-state index contributed by atoms with van der Waals surface area (Å²) >= 11 is 1.41. The van der Waals surface area contributed by atoms with E-state index in [-0.39, 0.29) is 18.2 Å². The van der Waals surface area contributed by atoms with Gasteiger partial charge in [0.1, 0.15) is 0 Å². The van der Waals surface area contributed by atoms with Crippen LogP contribution in [-0.2, 0) is 21.4 Å². The van der Waals surface area contributed by atoms with E-state index in [0.717, 1.165) is 22.5 Å². The van der Waals surface area contributed by atoms with Crippen LogP contribution in [0.15, 0.2) is 23.6 Å². The van der Waals surface area contributed by atoms with E-state index in [2.05, 4.69) is 15.6 Å². The highest BCUT2D eigenvalue weighted by Gasteiger charge is 2.38. The first-order valence-corrected chi connectivity index (χ1v) is 7.91. The molecule has 1 aromatic carbocycles. The summed E-state index contributed by atoms with van der Waals surface area (Å²) in [6.07, 6.45) is 0.260. The Morgan fingerprint density at radius 3 is 2.86 bits per heavy atom. The summed E-state index contributed by atoms with van der Waals surface area (Å²) in [6.45, 7) is 5.66. The number of nitrogens with zero attached hydrogens (tertiary/aromatic N) is 1. The van der Waals surface area contributed by atoms with E-state index >= 15 is 0 Å². The molecule has 22 heavy (non-hydrogen) atoms. The number of amides is 2. The average Bonchev–Trinajstić information content (AvgIpc) is 2.93. The monoisotopic (exact) mass is 315 g/mol. The van der Waals surface area contributed by atoms with Crippen LogP contribution in [0.3, 0.4) is 0 Å². The van der Waals surface area contributed by atoms with Crippen LogP contribution in [0.2, 0.25) is 0 Å². The number of rotatable bonds is 3. The lowest BCUT2D eigenvalue weighted by atomic mass is 9.85. The van der Waals surface area contributed by atoms with Crippen molar-refractivity contribution in [2.24, 2.45) is 0 Å². The lowest BCUT2D eigenvalue weighted by Gasteiger charge is -2.15. The zero-order valence-electron chi connectivity index (χ0n) is 12.7. The molecular weight excluding hydrogens is 298 g/mol. The maximum atomic E-state index is 12.1. The van der Waals surface area contributed by atoms with E-state index in [0.29, 0.717) is 5.13 Å². The largest absolute Gasteiger partial charge is 0.325 e. The van der Waals surface area contributed by atoms with Crippen molar-refractivity contribution in [3.05, 3.63) is 40.4 Å². The molecule has 0 atom stereocenters. The molecule has 0 saturated carbocycles. The molecule has 2 aromatic rings. The fraction of sp³-hybridized carbons (Fsp3) is 0.312. The Bertz CT molecular complexity index is 765. The van der Waals surface area contributed by atoms with Crippen molar-refractivity contribution in [3.63, 3.8) is 0 Å². The Balaban J connectivity index is 1.76. The fourth-order valence-corrected chi connectivity index (χ4v) is 3.19. The summed E-state index contributed by atoms with van der Waals surface area (Å²) in [5, 5.41) is 8.16. The molecule has 1 aliphatic rings. The summed E-state index contributed by atoms with van der Waals surface area (Å²) in [6, 6.07) is 5.66. The minimum atomic E-state index is -0.561. The third-order valence-electron chi connectivity index (χ3n) is 3.80. The topological polar surface area (TPSA) is 71.1 Å². The number of hydrogen-bond acceptors (Lipinski definition) is 4. The number of thiazole rings is 1. The molecule has 2 heterocycles. The first-order chi connectivity index (χ1) is 10.4. The van der Waals surface area contributed by atoms with Crippen molar-refractivity contribution < 1.29 is 9.59 Å². The van der Waals surface area contributed by atoms with Gasteiger partial charge in [-0.15, -0.1) is 11.3 Å². The van der Waals surface area contributed by atoms with Gasteiger partial charge in [-0.1, -0.05) is 12.1 Å². The third-order valence-corrected chi connectivity index (χ3v) is 4.68. The SMILES string of the molecule is Cc1csc(NC(=O)Cc2ccc3c(c2)C(C)(C)C(=O)N3)n1. The van der Waals surface area contributed by atoms with Crippen LogP contribution in [0.1, 0.15) is 30.7 Å². The van der Waals surface area contributed by atoms with E-state index in [1.165, 1.54) is 11.3 Å². The van der Waals surface area contributed by atoms with Crippen molar-refractivity contribution in [3.8, 4) is 0 Å². The van der Waals surface area contributed by atoms with Crippen molar-refractivity contribution in [2.75, 3.05) is 10.6 Å². The minimum Gasteiger partial charge on any atom is -0.325 e. The molecule has 0 radical (unpaired) electrons. The van der Waals surface area contributed by atoms with Crippen LogP contribution in [0.4, 0.5) is 10.8 Å². The standard InChI is InChI=1S/C16H17N3O2S/c1-9-8-22-15(17-9)19-13(20)7-10-4-5-12-11(6-10)16(2,3)14(21)18-12/h4-6,8H,7H2,1-3H3,(H,18,21)(H,17,19,20). The molecule has 2 N–H and O–H groups in total. The highest BCUT2D eigenvalue weighted by Crippen LogP contribution is 2.37. The second kappa shape index (κ2) is 5.21. The molecule has 0 aliphatic carbocycles. The van der Waals surface area contributed by atoms with Gasteiger partial charge in [-0.2, -0.15) is 0 Å². The van der Waals surface area contributed by atoms with Crippen LogP contribution in [-0.4, -0.2) is 16.8 Å². The molecule has 114 valence electrons. The highest BCUT2D eigenvalue weighted by atomic mass is 32.1. The maximum Gasteiger partial charge on any atom is 0.234 e. The number of benzene rings is 1. The van der Waals surface area contributed by atoms with E-state index < -0.39 is 5.41 Å². The van der Waals surface area contributed by atoms with Gasteiger partial charge in [0, 0.05) is 11.1 Å². The zero-order chi connectivity index (χ0) is 15.9. The molecule has 1 aliphatic heterocycles. The average molecular weight is 315 g/mol. The quantitative estimate of drug-likeness (QED) is 0.915. The molecule has 3 rings (SSSR count). The van der Waals surface area contributed by atoms with Crippen molar-refractivity contribution >= 4 is 34.0 Å². The Kier molecular flexibility index (Phi) is 3.48. The van der Waals surface area contributed by atoms with Crippen LogP contribution < -0.4 is 10.6 Å². The van der Waals surface area contributed by atoms with E-state index in [9.17, 15) is 9.59 Å². The Labute approximate surface area is 132 Å². The Hall–Kier alpha value is -2.21. The maximum absolute atomic E-state index is 12.1. The van der Waals surface area contributed by atoms with Gasteiger partial charge in [-0.25, -0.2) is 4.98 Å². The predicted octanol–water partition coefficient (Wildman–Crippen LogP) is 2.86. The minimum absolute atomic E-state index is 0.0117. The van der Waals surface area contributed by atoms with Crippen molar-refractivity contribution in [1.29, 1.82) is 0 Å². The summed E-state index contributed by atoms with van der Waals surface area (Å²) < 4.78 is 0. The molecule has 0 bridgehead atoms. The van der Waals surface area contributed by atoms with Gasteiger partial charge >= 0.3 is 0 Å². The van der Waals surface area contributed by atoms with Crippen LogP contribution in [0.25, 0.3) is 0 Å². The normalized spacial score (nSPS) is 15.3. The van der Waals surface area contributed by atoms with E-state index in [1.807, 2.05) is 44.4 Å². The van der Waals surface area contributed by atoms with Gasteiger partial charge in [0.05, 0.1) is 17.5 Å². The van der Waals surface area contributed by atoms with Crippen molar-refractivity contribution in [2.45, 2.75) is 32.6 Å². The first kappa shape index (κ1) is 14.7. The lowest BCUT2D eigenvalue weighted by molar-refractivity contribution is -0.119. The van der Waals surface area contributed by atoms with Crippen molar-refractivity contribution in [1.82, 2.24) is 4.98 Å². The van der Waals surface area contributed by atoms with Gasteiger partial charge in [0.2, 0.25) is 11.8 Å². The third kappa shape index (κ3) is 2.62. The number of fused-ring (bicyclic) bond motifs is 1. The molecule has 1 aromatic heterocycles. The Morgan fingerprint density at radius 2 is 2.18 bits per heavy atom. The van der Waals surface area contributed by atoms with Gasteiger partial charge in [0.15, 0.2) is 5.13 Å². The summed E-state index contributed by atoms with van der Waals surface area (Å²) in [4.78, 5) is 28.2. The first-order valence-electron chi connectivity index (χ1n) is 7.03. The number of hydrogen-bond donors (Lipinski definition) is 2. The molecular formula is C16H17N3O2S. The summed E-state index contributed by atoms with van der Waals surface area (Å²) in [5.41, 5.74) is 2.98. The smallest absolute Gasteiger partial charge is 0.234 e. The van der Waals surface area contributed by atoms with Crippen LogP contribution in [0.5, 0.6) is 0 Å². The number of carbonyl (C=O) groups excluding carboxylic acids is 2. The molecule has 0 fully saturated rings. The number of anilines is 2. The zero-order valence-corrected chi connectivity index (χ0v) is 13.5. The lowest BCUT2D eigenvalue weighted by Crippen LogP contribution is -2.27. The van der Waals surface area contributed by atoms with Gasteiger partial charge in [-0.05, 0) is 38.0 Å². The summed E-state index contributed by atoms with van der Waals surface area (Å²) in [7, 11) is 0. The predicted molar refractivity (Wildman–Crippen MR) is 87.3 cm³/mol. The van der Waals surface area contributed by atoms with Gasteiger partial charge in [0.25, 0.3) is 0 Å². The van der Waals surface area contributed by atoms with E-state index in [4.69, 9.17) is 0 Å². The fourth-order valence-electron chi connectivity index (χ4n) is 2.49.